The fourth-order valence-electron chi connectivity index (χ4n) is 2.65. The third kappa shape index (κ3) is 6.21. The average molecular weight is 387 g/mol. The molecule has 1 heterocycles. The number of hydrogen-bond acceptors (Lipinski definition) is 6. The number of ether oxygens (including phenoxy) is 1. The van der Waals surface area contributed by atoms with Gasteiger partial charge in [0.25, 0.3) is 0 Å². The zero-order valence-corrected chi connectivity index (χ0v) is 19.0. The summed E-state index contributed by atoms with van der Waals surface area (Å²) in [5.74, 6) is -3.73. The molecule has 4 N–H and O–H groups in total. The molecule has 134 valence electrons. The van der Waals surface area contributed by atoms with Crippen molar-refractivity contribution in [1.29, 1.82) is 0 Å². The molecule has 0 saturated carbocycles. The Labute approximate surface area is 194 Å². The third-order valence-corrected chi connectivity index (χ3v) is 3.95. The molecule has 1 aromatic rings. The van der Waals surface area contributed by atoms with E-state index in [1.165, 1.54) is 0 Å². The summed E-state index contributed by atoms with van der Waals surface area (Å²) >= 11 is 0. The van der Waals surface area contributed by atoms with Crippen LogP contribution in [0.25, 0.3) is 0 Å². The van der Waals surface area contributed by atoms with E-state index in [2.05, 4.69) is 0 Å². The smallest absolute Gasteiger partial charge is 0.550 e. The Balaban J connectivity index is -0.00000132. The molecule has 1 saturated heterocycles. The van der Waals surface area contributed by atoms with Gasteiger partial charge >= 0.3 is 65.2 Å². The van der Waals surface area contributed by atoms with E-state index in [1.54, 1.807) is 31.2 Å². The second-order valence-electron chi connectivity index (χ2n) is 5.31. The molecule has 1 aliphatic rings. The normalized spacial score (nSPS) is 19.9. The van der Waals surface area contributed by atoms with E-state index in [0.29, 0.717) is 0 Å². The van der Waals surface area contributed by atoms with Crippen molar-refractivity contribution >= 4 is 18.0 Å². The fourth-order valence-corrected chi connectivity index (χ4v) is 2.65. The summed E-state index contributed by atoms with van der Waals surface area (Å²) in [7, 11) is 0. The van der Waals surface area contributed by atoms with Crippen molar-refractivity contribution in [2.45, 2.75) is 25.5 Å². The van der Waals surface area contributed by atoms with Gasteiger partial charge in [-0.25, -0.2) is 4.79 Å². The fraction of sp³-hybridized carbons (Fsp3) is 0.400. The molecule has 9 nitrogen and oxygen atoms in total. The number of hydrogen-bond donors (Lipinski definition) is 0. The first-order valence-corrected chi connectivity index (χ1v) is 6.77. The van der Waals surface area contributed by atoms with E-state index in [-0.39, 0.29) is 83.2 Å². The van der Waals surface area contributed by atoms with Gasteiger partial charge in [-0.2, -0.15) is 0 Å². The molecule has 1 fully saturated rings. The first kappa shape index (κ1) is 30.1. The summed E-state index contributed by atoms with van der Waals surface area (Å²) in [4.78, 5) is 35.1. The number of carbonyl (C=O) groups is 3. The Morgan fingerprint density at radius 3 is 2.12 bits per heavy atom. The maximum absolute atomic E-state index is 12.0. The molecule has 1 amide bonds. The van der Waals surface area contributed by atoms with Gasteiger partial charge in [-0.3, -0.25) is 4.90 Å². The van der Waals surface area contributed by atoms with Crippen molar-refractivity contribution in [2.75, 3.05) is 6.54 Å². The molecule has 0 radical (unpaired) electrons. The van der Waals surface area contributed by atoms with Crippen molar-refractivity contribution < 1.29 is 99.4 Å². The molecule has 0 aliphatic carbocycles. The molecule has 26 heavy (non-hydrogen) atoms. The van der Waals surface area contributed by atoms with Gasteiger partial charge in [-0.1, -0.05) is 37.3 Å². The standard InChI is InChI=1S/C15H17NO6.2Na.2H2O/c1-10-8-16(15(10,13(19)20)7-12(17)18)14(21)22-9-11-5-3-2-4-6-11;;;;/h2-6,10H,7-9H2,1H3,(H,17,18)(H,19,20);;;2*1H2/q;2*+1;;/p-2/t10-,15+;;;;/m0..../s1. The van der Waals surface area contributed by atoms with Crippen LogP contribution in [0.1, 0.15) is 18.9 Å². The number of likely N-dealkylation sites (tertiary alicyclic amines) is 1. The third-order valence-electron chi connectivity index (χ3n) is 3.95. The minimum absolute atomic E-state index is 0. The second kappa shape index (κ2) is 12.7. The van der Waals surface area contributed by atoms with E-state index in [1.807, 2.05) is 6.07 Å². The predicted octanol–water partition coefficient (Wildman–Crippen LogP) is -8.74. The summed E-state index contributed by atoms with van der Waals surface area (Å²) in [6, 6.07) is 8.86. The zero-order valence-electron chi connectivity index (χ0n) is 15.0. The number of carbonyl (C=O) groups excluding carboxylic acids is 3. The van der Waals surface area contributed by atoms with Crippen LogP contribution in [0, 0.1) is 5.92 Å². The molecular formula is C15H19NNa2O8. The maximum atomic E-state index is 12.0. The largest absolute Gasteiger partial charge is 1.00 e. The van der Waals surface area contributed by atoms with E-state index >= 15 is 0 Å². The van der Waals surface area contributed by atoms with Gasteiger partial charge in [-0.15, -0.1) is 0 Å². The topological polar surface area (TPSA) is 173 Å². The van der Waals surface area contributed by atoms with Crippen LogP contribution < -0.4 is 69.3 Å². The van der Waals surface area contributed by atoms with Crippen molar-refractivity contribution in [3.05, 3.63) is 35.9 Å². The SMILES string of the molecule is C[C@H]1CN(C(=O)OCc2ccccc2)[C@@]1(CC(=O)[O-])C(=O)[O-].O.O.[Na+].[Na+]. The Kier molecular flexibility index (Phi) is 14.7. The van der Waals surface area contributed by atoms with Gasteiger partial charge in [0.15, 0.2) is 0 Å². The second-order valence-corrected chi connectivity index (χ2v) is 5.31. The van der Waals surface area contributed by atoms with Crippen LogP contribution in [-0.2, 0) is 20.9 Å². The number of carboxylic acid groups (broad SMARTS) is 2. The van der Waals surface area contributed by atoms with Crippen molar-refractivity contribution in [3.63, 3.8) is 0 Å². The Hall–Kier alpha value is -0.650. The predicted molar refractivity (Wildman–Crippen MR) is 77.1 cm³/mol. The summed E-state index contributed by atoms with van der Waals surface area (Å²) in [6.07, 6.45) is -1.70. The van der Waals surface area contributed by atoms with Crippen LogP contribution in [0.4, 0.5) is 4.79 Å². The summed E-state index contributed by atoms with van der Waals surface area (Å²) in [5, 5.41) is 22.2. The number of nitrogens with zero attached hydrogens (tertiary/aromatic N) is 1. The molecule has 2 atom stereocenters. The van der Waals surface area contributed by atoms with Crippen LogP contribution in [0.5, 0.6) is 0 Å². The van der Waals surface area contributed by atoms with Crippen molar-refractivity contribution in [2.24, 2.45) is 5.92 Å². The van der Waals surface area contributed by atoms with Crippen molar-refractivity contribution in [1.82, 2.24) is 4.90 Å². The molecular weight excluding hydrogens is 368 g/mol. The molecule has 11 heteroatoms. The first-order valence-electron chi connectivity index (χ1n) is 6.77. The first-order chi connectivity index (χ1) is 10.4. The molecule has 0 unspecified atom stereocenters. The van der Waals surface area contributed by atoms with Crippen LogP contribution in [0.2, 0.25) is 0 Å². The van der Waals surface area contributed by atoms with Gasteiger partial charge in [0.2, 0.25) is 0 Å². The summed E-state index contributed by atoms with van der Waals surface area (Å²) in [6.45, 7) is 1.60. The molecule has 0 aromatic heterocycles. The Morgan fingerprint density at radius 2 is 1.69 bits per heavy atom. The minimum atomic E-state index is -1.91. The van der Waals surface area contributed by atoms with Gasteiger partial charge in [0.05, 0.1) is 11.5 Å². The van der Waals surface area contributed by atoms with Crippen LogP contribution in [0.3, 0.4) is 0 Å². The van der Waals surface area contributed by atoms with Crippen LogP contribution in [0.15, 0.2) is 30.3 Å². The summed E-state index contributed by atoms with van der Waals surface area (Å²) < 4.78 is 5.05. The number of aliphatic carboxylic acids is 2. The number of benzene rings is 1. The monoisotopic (exact) mass is 387 g/mol. The van der Waals surface area contributed by atoms with E-state index in [4.69, 9.17) is 4.74 Å². The summed E-state index contributed by atoms with van der Waals surface area (Å²) in [5.41, 5.74) is -1.17. The van der Waals surface area contributed by atoms with E-state index in [0.717, 1.165) is 10.5 Å². The number of carboxylic acids is 2. The molecule has 0 spiro atoms. The van der Waals surface area contributed by atoms with Gasteiger partial charge in [0.1, 0.15) is 6.61 Å². The zero-order chi connectivity index (χ0) is 16.3. The molecule has 1 aliphatic heterocycles. The van der Waals surface area contributed by atoms with E-state index < -0.39 is 35.9 Å². The van der Waals surface area contributed by atoms with E-state index in [9.17, 15) is 24.6 Å². The number of rotatable bonds is 5. The van der Waals surface area contributed by atoms with Gasteiger partial charge in [0, 0.05) is 24.9 Å². The quantitative estimate of drug-likeness (QED) is 0.454. The molecule has 2 rings (SSSR count). The van der Waals surface area contributed by atoms with Gasteiger partial charge < -0.3 is 35.5 Å². The Bertz CT molecular complexity index is 601. The molecule has 1 aromatic carbocycles. The Morgan fingerprint density at radius 1 is 1.15 bits per heavy atom. The van der Waals surface area contributed by atoms with Crippen LogP contribution >= 0.6 is 0 Å². The van der Waals surface area contributed by atoms with Gasteiger partial charge in [-0.05, 0) is 5.56 Å². The average Bonchev–Trinajstić information content (AvgIpc) is 2.48. The maximum Gasteiger partial charge on any atom is 1.00 e. The minimum Gasteiger partial charge on any atom is -0.550 e. The van der Waals surface area contributed by atoms with Crippen molar-refractivity contribution in [3.8, 4) is 0 Å². The molecule has 0 bridgehead atoms. The number of amides is 1. The van der Waals surface area contributed by atoms with Crippen LogP contribution in [-0.4, -0.2) is 46.0 Å².